The number of benzene rings is 3. The van der Waals surface area contributed by atoms with Gasteiger partial charge in [-0.1, -0.05) is 23.7 Å². The predicted octanol–water partition coefficient (Wildman–Crippen LogP) is 5.72. The number of anilines is 2. The Kier molecular flexibility index (Phi) is 8.44. The normalized spacial score (nSPS) is 18.4. The van der Waals surface area contributed by atoms with Crippen molar-refractivity contribution in [1.82, 2.24) is 20.0 Å². The van der Waals surface area contributed by atoms with Gasteiger partial charge in [0, 0.05) is 97.7 Å². The number of methoxy groups -OCH3 is 1. The molecule has 10 heteroatoms. The number of likely N-dealkylation sites (tertiary alicyclic amines) is 1. The van der Waals surface area contributed by atoms with Crippen LogP contribution in [0.3, 0.4) is 0 Å². The Labute approximate surface area is 274 Å². The minimum absolute atomic E-state index is 0.0380. The van der Waals surface area contributed by atoms with Gasteiger partial charge in [-0.3, -0.25) is 19.6 Å². The Hall–Kier alpha value is -4.34. The second-order valence-electron chi connectivity index (χ2n) is 12.6. The highest BCUT2D eigenvalue weighted by atomic mass is 35.5. The lowest BCUT2D eigenvalue weighted by Gasteiger charge is -2.38. The van der Waals surface area contributed by atoms with E-state index >= 15 is 0 Å². The van der Waals surface area contributed by atoms with Crippen molar-refractivity contribution in [3.63, 3.8) is 0 Å². The lowest BCUT2D eigenvalue weighted by molar-refractivity contribution is -0.127. The van der Waals surface area contributed by atoms with Crippen molar-refractivity contribution in [3.8, 4) is 16.9 Å². The first-order valence-electron chi connectivity index (χ1n) is 16.0. The zero-order valence-corrected chi connectivity index (χ0v) is 26.9. The van der Waals surface area contributed by atoms with Crippen LogP contribution in [0, 0.1) is 5.41 Å². The van der Waals surface area contributed by atoms with Gasteiger partial charge in [0.25, 0.3) is 5.91 Å². The molecule has 0 radical (unpaired) electrons. The van der Waals surface area contributed by atoms with Crippen LogP contribution in [0.2, 0.25) is 5.02 Å². The number of carbonyl (C=O) groups excluding carboxylic acids is 2. The maximum absolute atomic E-state index is 13.8. The molecule has 3 aromatic carbocycles. The largest absolute Gasteiger partial charge is 0.496 e. The third-order valence-electron chi connectivity index (χ3n) is 10.00. The summed E-state index contributed by atoms with van der Waals surface area (Å²) < 4.78 is 5.66. The number of rotatable bonds is 7. The van der Waals surface area contributed by atoms with Gasteiger partial charge in [0.2, 0.25) is 5.91 Å². The first-order valence-corrected chi connectivity index (χ1v) is 16.4. The van der Waals surface area contributed by atoms with Gasteiger partial charge < -0.3 is 19.4 Å². The fraction of sp³-hybridized carbons (Fsp3) is 0.361. The highest BCUT2D eigenvalue weighted by molar-refractivity contribution is 6.30. The summed E-state index contributed by atoms with van der Waals surface area (Å²) in [6.07, 6.45) is 5.72. The van der Waals surface area contributed by atoms with Gasteiger partial charge in [-0.15, -0.1) is 0 Å². The van der Waals surface area contributed by atoms with E-state index in [9.17, 15) is 9.59 Å². The molecule has 3 fully saturated rings. The summed E-state index contributed by atoms with van der Waals surface area (Å²) in [6.45, 7) is 6.61. The molecular formula is C36H39ClN6O3. The van der Waals surface area contributed by atoms with E-state index in [0.717, 1.165) is 66.7 Å². The molecule has 46 heavy (non-hydrogen) atoms. The Bertz CT molecular complexity index is 1680. The zero-order valence-electron chi connectivity index (χ0n) is 26.1. The summed E-state index contributed by atoms with van der Waals surface area (Å²) in [6, 6.07) is 22.0. The molecule has 4 aromatic rings. The van der Waals surface area contributed by atoms with Crippen molar-refractivity contribution < 1.29 is 14.3 Å². The van der Waals surface area contributed by atoms with E-state index in [4.69, 9.17) is 16.3 Å². The number of carbonyl (C=O) groups is 2. The summed E-state index contributed by atoms with van der Waals surface area (Å²) >= 11 is 6.03. The molecule has 0 bridgehead atoms. The van der Waals surface area contributed by atoms with Crippen LogP contribution in [0.15, 0.2) is 79.1 Å². The minimum atomic E-state index is -0.424. The first kappa shape index (κ1) is 30.3. The molecule has 7 rings (SSSR count). The molecule has 0 unspecified atom stereocenters. The monoisotopic (exact) mass is 638 g/mol. The molecule has 9 nitrogen and oxygen atoms in total. The smallest absolute Gasteiger partial charge is 0.253 e. The number of amides is 2. The van der Waals surface area contributed by atoms with Gasteiger partial charge in [-0.25, -0.2) is 0 Å². The number of ether oxygens (including phenoxy) is 1. The van der Waals surface area contributed by atoms with E-state index in [2.05, 4.69) is 44.3 Å². The van der Waals surface area contributed by atoms with E-state index < -0.39 is 5.41 Å². The summed E-state index contributed by atoms with van der Waals surface area (Å²) in [4.78, 5) is 35.9. The topological polar surface area (TPSA) is 85.0 Å². The molecule has 2 amide bonds. The Morgan fingerprint density at radius 1 is 0.891 bits per heavy atom. The number of H-pyrrole nitrogens is 1. The molecule has 3 aliphatic heterocycles. The molecule has 0 saturated carbocycles. The zero-order chi connectivity index (χ0) is 31.7. The summed E-state index contributed by atoms with van der Waals surface area (Å²) in [5, 5.41) is 7.64. The highest BCUT2D eigenvalue weighted by Crippen LogP contribution is 2.44. The van der Waals surface area contributed by atoms with Crippen LogP contribution in [0.4, 0.5) is 11.4 Å². The molecule has 1 spiro atoms. The lowest BCUT2D eigenvalue weighted by atomic mass is 9.77. The van der Waals surface area contributed by atoms with Gasteiger partial charge in [0.15, 0.2) is 0 Å². The summed E-state index contributed by atoms with van der Waals surface area (Å²) in [5.74, 6) is 0.891. The van der Waals surface area contributed by atoms with Gasteiger partial charge >= 0.3 is 0 Å². The molecule has 0 atom stereocenters. The van der Waals surface area contributed by atoms with Gasteiger partial charge in [-0.2, -0.15) is 5.10 Å². The van der Waals surface area contributed by atoms with Crippen molar-refractivity contribution in [2.75, 3.05) is 62.7 Å². The molecule has 238 valence electrons. The van der Waals surface area contributed by atoms with E-state index in [1.807, 2.05) is 58.5 Å². The van der Waals surface area contributed by atoms with Crippen LogP contribution in [0.5, 0.6) is 5.75 Å². The molecular weight excluding hydrogens is 600 g/mol. The minimum Gasteiger partial charge on any atom is -0.496 e. The number of piperidine rings is 1. The Balaban J connectivity index is 0.928. The summed E-state index contributed by atoms with van der Waals surface area (Å²) in [7, 11) is 1.64. The number of piperazine rings is 1. The molecule has 3 aliphatic rings. The summed E-state index contributed by atoms with van der Waals surface area (Å²) in [5.41, 5.74) is 5.39. The van der Waals surface area contributed by atoms with E-state index in [1.165, 1.54) is 5.56 Å². The van der Waals surface area contributed by atoms with Crippen LogP contribution < -0.4 is 14.5 Å². The molecule has 1 N–H and O–H groups in total. The maximum atomic E-state index is 13.8. The van der Waals surface area contributed by atoms with E-state index in [1.54, 1.807) is 13.3 Å². The quantitative estimate of drug-likeness (QED) is 0.279. The van der Waals surface area contributed by atoms with Crippen LogP contribution in [0.1, 0.15) is 35.2 Å². The van der Waals surface area contributed by atoms with Gasteiger partial charge in [0.05, 0.1) is 18.7 Å². The number of nitrogens with one attached hydrogen (secondary N) is 1. The lowest BCUT2D eigenvalue weighted by Crippen LogP contribution is -2.46. The van der Waals surface area contributed by atoms with E-state index in [-0.39, 0.29) is 11.8 Å². The standard InChI is InChI=1S/C36H39ClN6O3/c1-46-33-22-31(10-11-32(33)28-23-38-39-24-28)43-17-14-36(35(43)45)12-15-42(16-13-36)34(44)27-4-8-30(9-5-27)41-20-18-40(19-21-41)25-26-2-6-29(37)7-3-26/h2-11,22-24H,12-21,25H2,1H3,(H,38,39). The van der Waals surface area contributed by atoms with Crippen molar-refractivity contribution >= 4 is 34.8 Å². The predicted molar refractivity (Wildman–Crippen MR) is 181 cm³/mol. The number of hydrogen-bond donors (Lipinski definition) is 1. The van der Waals surface area contributed by atoms with Crippen LogP contribution in [-0.2, 0) is 11.3 Å². The van der Waals surface area contributed by atoms with Crippen LogP contribution >= 0.6 is 11.6 Å². The van der Waals surface area contributed by atoms with Crippen LogP contribution in [0.25, 0.3) is 11.1 Å². The number of nitrogens with zero attached hydrogens (tertiary/aromatic N) is 5. The molecule has 3 saturated heterocycles. The molecule has 0 aliphatic carbocycles. The molecule has 4 heterocycles. The molecule has 1 aromatic heterocycles. The fourth-order valence-corrected chi connectivity index (χ4v) is 7.29. The van der Waals surface area contributed by atoms with Crippen LogP contribution in [-0.4, -0.2) is 84.7 Å². The maximum Gasteiger partial charge on any atom is 0.253 e. The number of aromatic amines is 1. The average Bonchev–Trinajstić information content (AvgIpc) is 3.75. The van der Waals surface area contributed by atoms with Gasteiger partial charge in [-0.05, 0) is 73.4 Å². The second-order valence-corrected chi connectivity index (χ2v) is 13.0. The fourth-order valence-electron chi connectivity index (χ4n) is 7.16. The Morgan fingerprint density at radius 3 is 2.26 bits per heavy atom. The third-order valence-corrected chi connectivity index (χ3v) is 10.2. The van der Waals surface area contributed by atoms with Crippen molar-refractivity contribution in [2.45, 2.75) is 25.8 Å². The number of hydrogen-bond acceptors (Lipinski definition) is 6. The van der Waals surface area contributed by atoms with Crippen molar-refractivity contribution in [1.29, 1.82) is 0 Å². The number of halogens is 1. The first-order chi connectivity index (χ1) is 22.4. The van der Waals surface area contributed by atoms with Crippen molar-refractivity contribution in [3.05, 3.63) is 95.3 Å². The average molecular weight is 639 g/mol. The SMILES string of the molecule is COc1cc(N2CCC3(CCN(C(=O)c4ccc(N5CCN(Cc6ccc(Cl)cc6)CC5)cc4)CC3)C2=O)ccc1-c1cn[nH]c1. The number of aromatic nitrogens is 2. The van der Waals surface area contributed by atoms with Crippen molar-refractivity contribution in [2.24, 2.45) is 5.41 Å². The second kappa shape index (κ2) is 12.8. The highest BCUT2D eigenvalue weighted by Gasteiger charge is 2.49. The van der Waals surface area contributed by atoms with Gasteiger partial charge in [0.1, 0.15) is 5.75 Å². The third kappa shape index (κ3) is 5.97. The Morgan fingerprint density at radius 2 is 1.59 bits per heavy atom. The van der Waals surface area contributed by atoms with E-state index in [0.29, 0.717) is 43.8 Å².